The predicted molar refractivity (Wildman–Crippen MR) is 90.1 cm³/mol. The Hall–Kier alpha value is -2.04. The molecule has 1 N–H and O–H groups in total. The summed E-state index contributed by atoms with van der Waals surface area (Å²) in [5, 5.41) is 9.30. The number of methoxy groups -OCH3 is 1. The van der Waals surface area contributed by atoms with Gasteiger partial charge < -0.3 is 14.7 Å². The summed E-state index contributed by atoms with van der Waals surface area (Å²) in [5.41, 5.74) is 0.483. The van der Waals surface area contributed by atoms with Crippen LogP contribution in [0.25, 0.3) is 0 Å². The van der Waals surface area contributed by atoms with E-state index >= 15 is 0 Å². The lowest BCUT2D eigenvalue weighted by atomic mass is 9.77. The minimum atomic E-state index is -0.797. The fourth-order valence-electron chi connectivity index (χ4n) is 4.19. The van der Waals surface area contributed by atoms with Crippen molar-refractivity contribution in [3.63, 3.8) is 0 Å². The highest BCUT2D eigenvalue weighted by Gasteiger charge is 2.46. The maximum atomic E-state index is 13.4. The molecule has 3 rings (SSSR count). The Labute approximate surface area is 142 Å². The van der Waals surface area contributed by atoms with Crippen LogP contribution in [0.15, 0.2) is 24.3 Å². The SMILES string of the molecule is COc1cccc(C2(C(=O)N3CCC[C@H](C(=O)O)C3)CCCC2)c1. The highest BCUT2D eigenvalue weighted by Crippen LogP contribution is 2.44. The number of carboxylic acids is 1. The lowest BCUT2D eigenvalue weighted by Gasteiger charge is -2.38. The number of carbonyl (C=O) groups is 2. The third kappa shape index (κ3) is 2.99. The van der Waals surface area contributed by atoms with Gasteiger partial charge in [0.15, 0.2) is 0 Å². The fraction of sp³-hybridized carbons (Fsp3) is 0.579. The summed E-state index contributed by atoms with van der Waals surface area (Å²) < 4.78 is 5.33. The lowest BCUT2D eigenvalue weighted by Crippen LogP contribution is -2.50. The van der Waals surface area contributed by atoms with Crippen LogP contribution in [0.4, 0.5) is 0 Å². The molecule has 1 aromatic rings. The van der Waals surface area contributed by atoms with Crippen molar-refractivity contribution in [2.24, 2.45) is 5.92 Å². The minimum absolute atomic E-state index is 0.0965. The Balaban J connectivity index is 1.89. The molecular weight excluding hydrogens is 306 g/mol. The first-order valence-electron chi connectivity index (χ1n) is 8.73. The zero-order valence-electron chi connectivity index (χ0n) is 14.2. The van der Waals surface area contributed by atoms with Gasteiger partial charge >= 0.3 is 5.97 Å². The van der Waals surface area contributed by atoms with E-state index < -0.39 is 17.3 Å². The van der Waals surface area contributed by atoms with E-state index in [0.29, 0.717) is 19.5 Å². The first-order chi connectivity index (χ1) is 11.6. The number of amides is 1. The number of carbonyl (C=O) groups excluding carboxylic acids is 1. The van der Waals surface area contributed by atoms with Crippen molar-refractivity contribution in [2.45, 2.75) is 43.9 Å². The number of rotatable bonds is 4. The van der Waals surface area contributed by atoms with Crippen molar-refractivity contribution in [1.82, 2.24) is 4.90 Å². The largest absolute Gasteiger partial charge is 0.497 e. The molecule has 0 bridgehead atoms. The van der Waals surface area contributed by atoms with Crippen LogP contribution in [0.3, 0.4) is 0 Å². The molecule has 2 aliphatic rings. The molecule has 1 saturated carbocycles. The van der Waals surface area contributed by atoms with Gasteiger partial charge in [-0.2, -0.15) is 0 Å². The summed E-state index contributed by atoms with van der Waals surface area (Å²) in [6, 6.07) is 7.78. The van der Waals surface area contributed by atoms with Crippen molar-refractivity contribution < 1.29 is 19.4 Å². The third-order valence-corrected chi connectivity index (χ3v) is 5.55. The number of piperidine rings is 1. The summed E-state index contributed by atoms with van der Waals surface area (Å²) in [7, 11) is 1.63. The van der Waals surface area contributed by atoms with Crippen molar-refractivity contribution in [2.75, 3.05) is 20.2 Å². The van der Waals surface area contributed by atoms with Gasteiger partial charge in [0.2, 0.25) is 5.91 Å². The van der Waals surface area contributed by atoms with Crippen LogP contribution in [0.1, 0.15) is 44.1 Å². The second-order valence-electron chi connectivity index (χ2n) is 6.95. The molecule has 5 heteroatoms. The van der Waals surface area contributed by atoms with Crippen LogP contribution in [-0.2, 0) is 15.0 Å². The van der Waals surface area contributed by atoms with Crippen molar-refractivity contribution >= 4 is 11.9 Å². The molecular formula is C19H25NO4. The number of aliphatic carboxylic acids is 1. The van der Waals surface area contributed by atoms with Gasteiger partial charge in [-0.1, -0.05) is 25.0 Å². The van der Waals surface area contributed by atoms with Crippen LogP contribution < -0.4 is 4.74 Å². The van der Waals surface area contributed by atoms with Crippen LogP contribution in [0.5, 0.6) is 5.75 Å². The second-order valence-corrected chi connectivity index (χ2v) is 6.95. The number of likely N-dealkylation sites (tertiary alicyclic amines) is 1. The summed E-state index contributed by atoms with van der Waals surface area (Å²) in [6.45, 7) is 0.994. The maximum Gasteiger partial charge on any atom is 0.308 e. The zero-order chi connectivity index (χ0) is 17.2. The molecule has 0 aromatic heterocycles. The predicted octanol–water partition coefficient (Wildman–Crippen LogP) is 2.83. The van der Waals surface area contributed by atoms with E-state index in [1.165, 1.54) is 0 Å². The number of benzene rings is 1. The average molecular weight is 331 g/mol. The van der Waals surface area contributed by atoms with E-state index in [2.05, 4.69) is 0 Å². The molecule has 0 radical (unpaired) electrons. The molecule has 1 amide bonds. The minimum Gasteiger partial charge on any atom is -0.497 e. The van der Waals surface area contributed by atoms with Crippen molar-refractivity contribution in [3.8, 4) is 5.75 Å². The van der Waals surface area contributed by atoms with Gasteiger partial charge in [0.1, 0.15) is 5.75 Å². The monoisotopic (exact) mass is 331 g/mol. The van der Waals surface area contributed by atoms with Gasteiger partial charge in [0, 0.05) is 13.1 Å². The lowest BCUT2D eigenvalue weighted by molar-refractivity contribution is -0.147. The molecule has 24 heavy (non-hydrogen) atoms. The Morgan fingerprint density at radius 3 is 2.67 bits per heavy atom. The molecule has 5 nitrogen and oxygen atoms in total. The molecule has 1 heterocycles. The normalized spacial score (nSPS) is 23.0. The summed E-state index contributed by atoms with van der Waals surface area (Å²) in [4.78, 5) is 26.5. The van der Waals surface area contributed by atoms with E-state index in [0.717, 1.165) is 43.4 Å². The molecule has 1 saturated heterocycles. The summed E-state index contributed by atoms with van der Waals surface area (Å²) in [6.07, 6.45) is 5.13. The number of hydrogen-bond donors (Lipinski definition) is 1. The van der Waals surface area contributed by atoms with Gasteiger partial charge in [-0.25, -0.2) is 0 Å². The Bertz CT molecular complexity index is 622. The van der Waals surface area contributed by atoms with Crippen LogP contribution >= 0.6 is 0 Å². The molecule has 1 aliphatic heterocycles. The zero-order valence-corrected chi connectivity index (χ0v) is 14.2. The average Bonchev–Trinajstić information content (AvgIpc) is 3.12. The molecule has 0 spiro atoms. The van der Waals surface area contributed by atoms with E-state index in [4.69, 9.17) is 4.74 Å². The van der Waals surface area contributed by atoms with Gasteiger partial charge in [-0.05, 0) is 43.4 Å². The van der Waals surface area contributed by atoms with E-state index in [1.807, 2.05) is 24.3 Å². The molecule has 0 unspecified atom stereocenters. The molecule has 130 valence electrons. The summed E-state index contributed by atoms with van der Waals surface area (Å²) in [5.74, 6) is -0.381. The topological polar surface area (TPSA) is 66.8 Å². The fourth-order valence-corrected chi connectivity index (χ4v) is 4.19. The molecule has 1 aromatic carbocycles. The quantitative estimate of drug-likeness (QED) is 0.921. The first-order valence-corrected chi connectivity index (χ1v) is 8.73. The smallest absolute Gasteiger partial charge is 0.308 e. The highest BCUT2D eigenvalue weighted by molar-refractivity contribution is 5.89. The first kappa shape index (κ1) is 16.8. The Morgan fingerprint density at radius 1 is 1.25 bits per heavy atom. The number of hydrogen-bond acceptors (Lipinski definition) is 3. The Morgan fingerprint density at radius 2 is 2.00 bits per heavy atom. The van der Waals surface area contributed by atoms with Gasteiger partial charge in [-0.3, -0.25) is 9.59 Å². The van der Waals surface area contributed by atoms with E-state index in [9.17, 15) is 14.7 Å². The van der Waals surface area contributed by atoms with Gasteiger partial charge in [0.05, 0.1) is 18.4 Å². The maximum absolute atomic E-state index is 13.4. The van der Waals surface area contributed by atoms with Crippen LogP contribution in [-0.4, -0.2) is 42.1 Å². The van der Waals surface area contributed by atoms with Gasteiger partial charge in [0.25, 0.3) is 0 Å². The van der Waals surface area contributed by atoms with Crippen LogP contribution in [0, 0.1) is 5.92 Å². The number of nitrogens with zero attached hydrogens (tertiary/aromatic N) is 1. The van der Waals surface area contributed by atoms with E-state index in [-0.39, 0.29) is 5.91 Å². The highest BCUT2D eigenvalue weighted by atomic mass is 16.5. The van der Waals surface area contributed by atoms with Crippen molar-refractivity contribution in [1.29, 1.82) is 0 Å². The second kappa shape index (κ2) is 6.83. The molecule has 2 fully saturated rings. The summed E-state index contributed by atoms with van der Waals surface area (Å²) >= 11 is 0. The van der Waals surface area contributed by atoms with Gasteiger partial charge in [-0.15, -0.1) is 0 Å². The number of ether oxygens (including phenoxy) is 1. The third-order valence-electron chi connectivity index (χ3n) is 5.55. The van der Waals surface area contributed by atoms with E-state index in [1.54, 1.807) is 12.0 Å². The molecule has 1 aliphatic carbocycles. The van der Waals surface area contributed by atoms with Crippen LogP contribution in [0.2, 0.25) is 0 Å². The standard InChI is InChI=1S/C19H25NO4/c1-24-16-8-4-7-15(12-16)19(9-2-3-10-19)18(23)20-11-5-6-14(13-20)17(21)22/h4,7-8,12,14H,2-3,5-6,9-11,13H2,1H3,(H,21,22)/t14-/m0/s1. The Kier molecular flexibility index (Phi) is 4.78. The number of carboxylic acid groups (broad SMARTS) is 1. The molecule has 1 atom stereocenters. The van der Waals surface area contributed by atoms with Crippen molar-refractivity contribution in [3.05, 3.63) is 29.8 Å².